The minimum atomic E-state index is -1.18. The van der Waals surface area contributed by atoms with Gasteiger partial charge in [-0.05, 0) is 57.4 Å². The van der Waals surface area contributed by atoms with Crippen molar-refractivity contribution < 1.29 is 13.9 Å². The van der Waals surface area contributed by atoms with E-state index in [4.69, 9.17) is 16.3 Å². The number of aryl methyl sites for hydroxylation is 1. The number of hydrogen-bond acceptors (Lipinski definition) is 2. The molecule has 5 heteroatoms. The number of hydrogen-bond donors (Lipinski definition) is 0. The summed E-state index contributed by atoms with van der Waals surface area (Å²) in [5, 5.41) is 0.290. The number of ether oxygens (including phenoxy) is 1. The number of carbonyl (C=O) groups is 1. The Kier molecular flexibility index (Phi) is 5.24. The summed E-state index contributed by atoms with van der Waals surface area (Å²) in [4.78, 5) is 15.0. The molecule has 138 valence electrons. The average molecular weight is 376 g/mol. The molecule has 1 fully saturated rings. The van der Waals surface area contributed by atoms with E-state index in [1.165, 1.54) is 17.7 Å². The van der Waals surface area contributed by atoms with Gasteiger partial charge in [-0.25, -0.2) is 4.39 Å². The largest absolute Gasteiger partial charge is 0.475 e. The summed E-state index contributed by atoms with van der Waals surface area (Å²) in [6.45, 7) is 6.06. The molecule has 3 rings (SSSR count). The van der Waals surface area contributed by atoms with Gasteiger partial charge >= 0.3 is 0 Å². The van der Waals surface area contributed by atoms with E-state index in [1.807, 2.05) is 11.8 Å². The minimum absolute atomic E-state index is 0.0267. The van der Waals surface area contributed by atoms with Crippen LogP contribution in [0.2, 0.25) is 5.02 Å². The molecule has 0 radical (unpaired) electrons. The second kappa shape index (κ2) is 7.28. The third-order valence-corrected chi connectivity index (χ3v) is 4.98. The number of amides is 1. The molecular formula is C21H23ClFNO2. The number of rotatable bonds is 4. The zero-order valence-corrected chi connectivity index (χ0v) is 16.0. The van der Waals surface area contributed by atoms with Gasteiger partial charge in [0.2, 0.25) is 0 Å². The second-order valence-corrected chi connectivity index (χ2v) is 7.69. The van der Waals surface area contributed by atoms with E-state index in [2.05, 4.69) is 24.3 Å². The second-order valence-electron chi connectivity index (χ2n) is 7.25. The van der Waals surface area contributed by atoms with Crippen molar-refractivity contribution in [1.82, 2.24) is 4.90 Å². The Labute approximate surface area is 158 Å². The first-order chi connectivity index (χ1) is 12.3. The van der Waals surface area contributed by atoms with E-state index in [1.54, 1.807) is 19.9 Å². The zero-order valence-electron chi connectivity index (χ0n) is 15.3. The fraction of sp³-hybridized carbons (Fsp3) is 0.381. The Balaban J connectivity index is 1.80. The van der Waals surface area contributed by atoms with Crippen LogP contribution in [0, 0.1) is 12.7 Å². The standard InChI is InChI=1S/C21H23ClFNO2/c1-14-6-8-15(9-7-14)18-5-4-12-24(18)20(25)21(2,3)26-19-11-10-16(22)13-17(19)23/h6-11,13,18H,4-5,12H2,1-3H3. The first-order valence-corrected chi connectivity index (χ1v) is 9.17. The maximum Gasteiger partial charge on any atom is 0.266 e. The fourth-order valence-corrected chi connectivity index (χ4v) is 3.53. The lowest BCUT2D eigenvalue weighted by Crippen LogP contribution is -2.48. The summed E-state index contributed by atoms with van der Waals surface area (Å²) in [6, 6.07) is 12.5. The Morgan fingerprint density at radius 3 is 2.58 bits per heavy atom. The molecule has 1 amide bonds. The van der Waals surface area contributed by atoms with Gasteiger partial charge in [0.05, 0.1) is 6.04 Å². The molecule has 1 heterocycles. The lowest BCUT2D eigenvalue weighted by Gasteiger charge is -2.33. The monoisotopic (exact) mass is 375 g/mol. The van der Waals surface area contributed by atoms with Crippen LogP contribution in [0.3, 0.4) is 0 Å². The van der Waals surface area contributed by atoms with E-state index in [0.717, 1.165) is 18.4 Å². The van der Waals surface area contributed by atoms with Gasteiger partial charge in [-0.1, -0.05) is 41.4 Å². The van der Waals surface area contributed by atoms with Crippen LogP contribution in [-0.4, -0.2) is 23.0 Å². The quantitative estimate of drug-likeness (QED) is 0.724. The lowest BCUT2D eigenvalue weighted by atomic mass is 10.0. The molecule has 1 aliphatic heterocycles. The van der Waals surface area contributed by atoms with Crippen molar-refractivity contribution in [2.24, 2.45) is 0 Å². The summed E-state index contributed by atoms with van der Waals surface area (Å²) in [5.41, 5.74) is 1.13. The van der Waals surface area contributed by atoms with Crippen LogP contribution in [0.5, 0.6) is 5.75 Å². The molecule has 0 aliphatic carbocycles. The molecule has 0 bridgehead atoms. The van der Waals surface area contributed by atoms with Crippen LogP contribution in [0.1, 0.15) is 43.9 Å². The van der Waals surface area contributed by atoms with Crippen LogP contribution in [0.25, 0.3) is 0 Å². The highest BCUT2D eigenvalue weighted by atomic mass is 35.5. The van der Waals surface area contributed by atoms with Crippen molar-refractivity contribution in [1.29, 1.82) is 0 Å². The molecular weight excluding hydrogens is 353 g/mol. The van der Waals surface area contributed by atoms with E-state index in [-0.39, 0.29) is 22.7 Å². The molecule has 0 N–H and O–H groups in total. The number of halogens is 2. The van der Waals surface area contributed by atoms with Crippen molar-refractivity contribution >= 4 is 17.5 Å². The Hall–Kier alpha value is -2.07. The number of carbonyl (C=O) groups excluding carboxylic acids is 1. The highest BCUT2D eigenvalue weighted by Gasteiger charge is 2.40. The topological polar surface area (TPSA) is 29.5 Å². The van der Waals surface area contributed by atoms with Gasteiger partial charge in [-0.3, -0.25) is 4.79 Å². The SMILES string of the molecule is Cc1ccc(C2CCCN2C(=O)C(C)(C)Oc2ccc(Cl)cc2F)cc1. The molecule has 0 saturated carbocycles. The molecule has 1 unspecified atom stereocenters. The van der Waals surface area contributed by atoms with Gasteiger partial charge in [0, 0.05) is 11.6 Å². The van der Waals surface area contributed by atoms with Gasteiger partial charge in [0.1, 0.15) is 0 Å². The van der Waals surface area contributed by atoms with Gasteiger partial charge < -0.3 is 9.64 Å². The summed E-state index contributed by atoms with van der Waals surface area (Å²) >= 11 is 5.78. The predicted octanol–water partition coefficient (Wildman–Crippen LogP) is 5.31. The van der Waals surface area contributed by atoms with E-state index in [0.29, 0.717) is 6.54 Å². The van der Waals surface area contributed by atoms with Crippen LogP contribution >= 0.6 is 11.6 Å². The van der Waals surface area contributed by atoms with E-state index < -0.39 is 11.4 Å². The summed E-state index contributed by atoms with van der Waals surface area (Å²) in [7, 11) is 0. The fourth-order valence-electron chi connectivity index (χ4n) is 3.37. The Morgan fingerprint density at radius 2 is 1.92 bits per heavy atom. The van der Waals surface area contributed by atoms with Crippen molar-refractivity contribution in [2.45, 2.75) is 45.3 Å². The van der Waals surface area contributed by atoms with Crippen LogP contribution in [-0.2, 0) is 4.79 Å². The minimum Gasteiger partial charge on any atom is -0.475 e. The van der Waals surface area contributed by atoms with Gasteiger partial charge in [0.25, 0.3) is 5.91 Å². The first kappa shape index (κ1) is 18.7. The van der Waals surface area contributed by atoms with E-state index in [9.17, 15) is 9.18 Å². The molecule has 0 aromatic heterocycles. The first-order valence-electron chi connectivity index (χ1n) is 8.79. The number of nitrogens with zero attached hydrogens (tertiary/aromatic N) is 1. The van der Waals surface area contributed by atoms with Crippen molar-refractivity contribution in [3.05, 3.63) is 64.4 Å². The van der Waals surface area contributed by atoms with Crippen LogP contribution in [0.4, 0.5) is 4.39 Å². The summed E-state index contributed by atoms with van der Waals surface area (Å²) in [6.07, 6.45) is 1.86. The Bertz CT molecular complexity index is 804. The molecule has 1 aliphatic rings. The predicted molar refractivity (Wildman–Crippen MR) is 101 cm³/mol. The van der Waals surface area contributed by atoms with Crippen molar-refractivity contribution in [3.8, 4) is 5.75 Å². The molecule has 0 spiro atoms. The Morgan fingerprint density at radius 1 is 1.23 bits per heavy atom. The lowest BCUT2D eigenvalue weighted by molar-refractivity contribution is -0.146. The molecule has 3 nitrogen and oxygen atoms in total. The highest BCUT2D eigenvalue weighted by Crippen LogP contribution is 2.35. The van der Waals surface area contributed by atoms with E-state index >= 15 is 0 Å². The molecule has 1 atom stereocenters. The summed E-state index contributed by atoms with van der Waals surface area (Å²) in [5.74, 6) is -0.691. The number of likely N-dealkylation sites (tertiary alicyclic amines) is 1. The third kappa shape index (κ3) is 3.85. The third-order valence-electron chi connectivity index (χ3n) is 4.75. The van der Waals surface area contributed by atoms with Gasteiger partial charge in [-0.15, -0.1) is 0 Å². The van der Waals surface area contributed by atoms with Crippen LogP contribution in [0.15, 0.2) is 42.5 Å². The molecule has 2 aromatic rings. The zero-order chi connectivity index (χ0) is 18.9. The van der Waals surface area contributed by atoms with Crippen molar-refractivity contribution in [3.63, 3.8) is 0 Å². The smallest absolute Gasteiger partial charge is 0.266 e. The van der Waals surface area contributed by atoms with Gasteiger partial charge in [-0.2, -0.15) is 0 Å². The van der Waals surface area contributed by atoms with Gasteiger partial charge in [0.15, 0.2) is 17.2 Å². The van der Waals surface area contributed by atoms with Crippen molar-refractivity contribution in [2.75, 3.05) is 6.54 Å². The summed E-state index contributed by atoms with van der Waals surface area (Å²) < 4.78 is 19.8. The molecule has 2 aromatic carbocycles. The van der Waals surface area contributed by atoms with Crippen LogP contribution < -0.4 is 4.74 Å². The molecule has 26 heavy (non-hydrogen) atoms. The maximum absolute atomic E-state index is 14.1. The number of benzene rings is 2. The average Bonchev–Trinajstić information content (AvgIpc) is 3.07. The molecule has 1 saturated heterocycles. The normalized spacial score (nSPS) is 17.4. The maximum atomic E-state index is 14.1. The highest BCUT2D eigenvalue weighted by molar-refractivity contribution is 6.30.